The zero-order chi connectivity index (χ0) is 17.9. The molecule has 2 heterocycles. The highest BCUT2D eigenvalue weighted by Crippen LogP contribution is 2.33. The van der Waals surface area contributed by atoms with Crippen LogP contribution in [-0.4, -0.2) is 37.0 Å². The minimum absolute atomic E-state index is 0.125. The van der Waals surface area contributed by atoms with Gasteiger partial charge in [-0.1, -0.05) is 18.2 Å². The Hall–Kier alpha value is -2.53. The third kappa shape index (κ3) is 3.27. The van der Waals surface area contributed by atoms with E-state index in [-0.39, 0.29) is 11.9 Å². The normalized spacial score (nSPS) is 19.3. The summed E-state index contributed by atoms with van der Waals surface area (Å²) in [6.07, 6.45) is 2.18. The number of carbonyl (C=O) groups is 1. The number of methoxy groups -OCH3 is 1. The number of rotatable bonds is 5. The van der Waals surface area contributed by atoms with Gasteiger partial charge in [0.25, 0.3) is 5.91 Å². The lowest BCUT2D eigenvalue weighted by atomic mass is 10.1. The average molecular weight is 352 g/mol. The molecule has 0 radical (unpaired) electrons. The Labute approximate surface area is 153 Å². The Morgan fingerprint density at radius 2 is 2.12 bits per heavy atom. The first-order valence-electron chi connectivity index (χ1n) is 9.15. The molecule has 1 unspecified atom stereocenters. The molecule has 1 atom stereocenters. The lowest BCUT2D eigenvalue weighted by Gasteiger charge is -2.31. The van der Waals surface area contributed by atoms with Crippen LogP contribution in [0.2, 0.25) is 0 Å². The molecule has 4 rings (SSSR count). The second-order valence-electron chi connectivity index (χ2n) is 6.86. The van der Waals surface area contributed by atoms with E-state index in [1.165, 1.54) is 0 Å². The van der Waals surface area contributed by atoms with Crippen LogP contribution in [0, 0.1) is 0 Å². The number of carbonyl (C=O) groups excluding carboxylic acids is 1. The Morgan fingerprint density at radius 3 is 2.92 bits per heavy atom. The number of benzene rings is 2. The van der Waals surface area contributed by atoms with Crippen LogP contribution in [0.4, 0.5) is 0 Å². The molecule has 0 bridgehead atoms. The largest absolute Gasteiger partial charge is 0.497 e. The van der Waals surface area contributed by atoms with E-state index in [2.05, 4.69) is 5.32 Å². The lowest BCUT2D eigenvalue weighted by Crippen LogP contribution is -2.46. The molecule has 0 aliphatic carbocycles. The van der Waals surface area contributed by atoms with Crippen LogP contribution in [0.15, 0.2) is 42.5 Å². The number of nitrogens with one attached hydrogen (secondary N) is 1. The smallest absolute Gasteiger partial charge is 0.254 e. The van der Waals surface area contributed by atoms with Crippen LogP contribution < -0.4 is 14.8 Å². The predicted octanol–water partition coefficient (Wildman–Crippen LogP) is 2.98. The minimum atomic E-state index is 0.125. The topological polar surface area (TPSA) is 50.8 Å². The van der Waals surface area contributed by atoms with Gasteiger partial charge in [-0.15, -0.1) is 0 Å². The van der Waals surface area contributed by atoms with Crippen molar-refractivity contribution in [3.8, 4) is 11.5 Å². The molecule has 26 heavy (non-hydrogen) atoms. The van der Waals surface area contributed by atoms with Crippen molar-refractivity contribution in [1.82, 2.24) is 10.2 Å². The maximum Gasteiger partial charge on any atom is 0.254 e. The number of fused-ring (bicyclic) bond motifs is 1. The van der Waals surface area contributed by atoms with Crippen molar-refractivity contribution < 1.29 is 14.3 Å². The summed E-state index contributed by atoms with van der Waals surface area (Å²) in [5.41, 5.74) is 2.82. The highest BCUT2D eigenvalue weighted by molar-refractivity contribution is 5.99. The summed E-state index contributed by atoms with van der Waals surface area (Å²) in [4.78, 5) is 14.8. The predicted molar refractivity (Wildman–Crippen MR) is 99.5 cm³/mol. The summed E-state index contributed by atoms with van der Waals surface area (Å²) in [6.45, 7) is 3.00. The first-order valence-corrected chi connectivity index (χ1v) is 9.15. The first-order chi connectivity index (χ1) is 12.8. The van der Waals surface area contributed by atoms with Gasteiger partial charge in [0.2, 0.25) is 0 Å². The third-order valence-corrected chi connectivity index (χ3v) is 5.19. The zero-order valence-corrected chi connectivity index (χ0v) is 15.0. The van der Waals surface area contributed by atoms with E-state index in [0.29, 0.717) is 13.2 Å². The van der Waals surface area contributed by atoms with Crippen LogP contribution in [0.25, 0.3) is 0 Å². The van der Waals surface area contributed by atoms with Crippen LogP contribution in [0.1, 0.15) is 34.3 Å². The van der Waals surface area contributed by atoms with Crippen LogP contribution in [-0.2, 0) is 13.2 Å². The number of nitrogens with zero attached hydrogens (tertiary/aromatic N) is 1. The van der Waals surface area contributed by atoms with E-state index in [9.17, 15) is 4.79 Å². The molecular weight excluding hydrogens is 328 g/mol. The van der Waals surface area contributed by atoms with E-state index in [1.54, 1.807) is 7.11 Å². The standard InChI is InChI=1S/C21H24N2O3/c1-25-17-7-2-5-15(11-17)14-26-20-9-3-8-18-19(20)13-23(21(18)24)16-6-4-10-22-12-16/h2-3,5,7-9,11,16,22H,4,6,10,12-14H2,1H3. The fourth-order valence-corrected chi connectivity index (χ4v) is 3.78. The first kappa shape index (κ1) is 16.9. The van der Waals surface area contributed by atoms with Gasteiger partial charge in [0, 0.05) is 23.7 Å². The van der Waals surface area contributed by atoms with Gasteiger partial charge < -0.3 is 19.7 Å². The van der Waals surface area contributed by atoms with Gasteiger partial charge >= 0.3 is 0 Å². The van der Waals surface area contributed by atoms with Crippen molar-refractivity contribution in [2.45, 2.75) is 32.0 Å². The summed E-state index contributed by atoms with van der Waals surface area (Å²) in [7, 11) is 1.66. The lowest BCUT2D eigenvalue weighted by molar-refractivity contribution is 0.0674. The van der Waals surface area contributed by atoms with Crippen molar-refractivity contribution in [3.63, 3.8) is 0 Å². The van der Waals surface area contributed by atoms with Gasteiger partial charge in [-0.05, 0) is 49.2 Å². The molecule has 0 aromatic heterocycles. The summed E-state index contributed by atoms with van der Waals surface area (Å²) >= 11 is 0. The fourth-order valence-electron chi connectivity index (χ4n) is 3.78. The van der Waals surface area contributed by atoms with Crippen molar-refractivity contribution in [3.05, 3.63) is 59.2 Å². The summed E-state index contributed by atoms with van der Waals surface area (Å²) in [5, 5.41) is 3.39. The molecule has 0 spiro atoms. The molecule has 0 saturated carbocycles. The quantitative estimate of drug-likeness (QED) is 0.899. The maximum absolute atomic E-state index is 12.8. The molecule has 5 heteroatoms. The minimum Gasteiger partial charge on any atom is -0.497 e. The van der Waals surface area contributed by atoms with Gasteiger partial charge in [0.05, 0.1) is 13.7 Å². The zero-order valence-electron chi connectivity index (χ0n) is 15.0. The van der Waals surface area contributed by atoms with Crippen LogP contribution in [0.3, 0.4) is 0 Å². The molecule has 5 nitrogen and oxygen atoms in total. The summed E-state index contributed by atoms with van der Waals surface area (Å²) < 4.78 is 11.3. The third-order valence-electron chi connectivity index (χ3n) is 5.19. The van der Waals surface area contributed by atoms with Crippen molar-refractivity contribution in [2.75, 3.05) is 20.2 Å². The molecule has 2 aromatic rings. The van der Waals surface area contributed by atoms with Crippen LogP contribution in [0.5, 0.6) is 11.5 Å². The van der Waals surface area contributed by atoms with Crippen molar-refractivity contribution in [2.24, 2.45) is 0 Å². The van der Waals surface area contributed by atoms with Gasteiger partial charge in [-0.2, -0.15) is 0 Å². The number of amides is 1. The fraction of sp³-hybridized carbons (Fsp3) is 0.381. The van der Waals surface area contributed by atoms with Gasteiger partial charge in [0.15, 0.2) is 0 Å². The molecule has 1 saturated heterocycles. The highest BCUT2D eigenvalue weighted by Gasteiger charge is 2.34. The van der Waals surface area contributed by atoms with E-state index in [0.717, 1.165) is 54.1 Å². The Kier molecular flexibility index (Phi) is 4.80. The number of hydrogen-bond acceptors (Lipinski definition) is 4. The summed E-state index contributed by atoms with van der Waals surface area (Å²) in [6, 6.07) is 13.9. The van der Waals surface area contributed by atoms with Gasteiger partial charge in [-0.3, -0.25) is 4.79 Å². The maximum atomic E-state index is 12.8. The van der Waals surface area contributed by atoms with Crippen molar-refractivity contribution in [1.29, 1.82) is 0 Å². The number of hydrogen-bond donors (Lipinski definition) is 1. The Bertz CT molecular complexity index is 800. The molecule has 2 aliphatic rings. The Morgan fingerprint density at radius 1 is 1.23 bits per heavy atom. The summed E-state index contributed by atoms with van der Waals surface area (Å²) in [5.74, 6) is 1.74. The number of piperidine rings is 1. The molecule has 2 aromatic carbocycles. The SMILES string of the molecule is COc1cccc(COc2cccc3c2CN(C2CCCNC2)C3=O)c1. The molecular formula is C21H24N2O3. The molecule has 136 valence electrons. The molecule has 2 aliphatic heterocycles. The average Bonchev–Trinajstić information content (AvgIpc) is 3.04. The Balaban J connectivity index is 1.51. The van der Waals surface area contributed by atoms with Crippen molar-refractivity contribution >= 4 is 5.91 Å². The second kappa shape index (κ2) is 7.38. The highest BCUT2D eigenvalue weighted by atomic mass is 16.5. The molecule has 1 fully saturated rings. The van der Waals surface area contributed by atoms with Gasteiger partial charge in [0.1, 0.15) is 18.1 Å². The number of ether oxygens (including phenoxy) is 2. The van der Waals surface area contributed by atoms with E-state index >= 15 is 0 Å². The van der Waals surface area contributed by atoms with Crippen LogP contribution >= 0.6 is 0 Å². The molecule has 1 amide bonds. The van der Waals surface area contributed by atoms with Gasteiger partial charge in [-0.25, -0.2) is 0 Å². The van der Waals surface area contributed by atoms with E-state index < -0.39 is 0 Å². The molecule has 1 N–H and O–H groups in total. The van der Waals surface area contributed by atoms with E-state index in [1.807, 2.05) is 47.4 Å². The second-order valence-corrected chi connectivity index (χ2v) is 6.86. The van der Waals surface area contributed by atoms with E-state index in [4.69, 9.17) is 9.47 Å². The monoisotopic (exact) mass is 352 g/mol.